The maximum atomic E-state index is 13.8. The van der Waals surface area contributed by atoms with Gasteiger partial charge in [0.2, 0.25) is 11.8 Å². The van der Waals surface area contributed by atoms with Crippen LogP contribution in [0.3, 0.4) is 0 Å². The number of carbonyl (C=O) groups excluding carboxylic acids is 2. The van der Waals surface area contributed by atoms with Crippen LogP contribution >= 0.6 is 0 Å². The molecule has 2 rings (SSSR count). The van der Waals surface area contributed by atoms with E-state index in [2.05, 4.69) is 5.32 Å². The molecule has 0 unspecified atom stereocenters. The lowest BCUT2D eigenvalue weighted by Crippen LogP contribution is -2.53. The Morgan fingerprint density at radius 2 is 1.73 bits per heavy atom. The molecule has 0 aliphatic heterocycles. The largest absolute Gasteiger partial charge is 0.497 e. The van der Waals surface area contributed by atoms with Crippen molar-refractivity contribution < 1.29 is 22.7 Å². The van der Waals surface area contributed by atoms with Gasteiger partial charge in [-0.1, -0.05) is 31.2 Å². The molecule has 10 heteroatoms. The molecule has 2 atom stereocenters. The third kappa shape index (κ3) is 7.69. The molecule has 204 valence electrons. The fourth-order valence-electron chi connectivity index (χ4n) is 3.71. The number of ether oxygens (including phenoxy) is 1. The van der Waals surface area contributed by atoms with Crippen molar-refractivity contribution in [2.24, 2.45) is 0 Å². The Kier molecular flexibility index (Phi) is 10.5. The van der Waals surface area contributed by atoms with Gasteiger partial charge in [-0.15, -0.1) is 0 Å². The van der Waals surface area contributed by atoms with Crippen molar-refractivity contribution in [1.29, 1.82) is 0 Å². The Morgan fingerprint density at radius 3 is 2.32 bits per heavy atom. The number of carbonyl (C=O) groups is 2. The number of amides is 2. The fraction of sp³-hybridized carbons (Fsp3) is 0.481. The molecule has 0 aliphatic carbocycles. The van der Waals surface area contributed by atoms with Crippen LogP contribution in [0.15, 0.2) is 42.5 Å². The monoisotopic (exact) mass is 532 g/mol. The maximum Gasteiger partial charge on any atom is 0.304 e. The number of hydrogen-bond acceptors (Lipinski definition) is 5. The Balaban J connectivity index is 2.52. The number of nitrogens with zero attached hydrogens (tertiary/aromatic N) is 3. The van der Waals surface area contributed by atoms with Gasteiger partial charge in [0.05, 0.1) is 12.8 Å². The number of methoxy groups -OCH3 is 1. The predicted octanol–water partition coefficient (Wildman–Crippen LogP) is 3.26. The first kappa shape index (κ1) is 30.1. The molecule has 0 bridgehead atoms. The Labute approximate surface area is 221 Å². The highest BCUT2D eigenvalue weighted by molar-refractivity contribution is 7.90. The van der Waals surface area contributed by atoms with Crippen molar-refractivity contribution in [3.8, 4) is 5.75 Å². The summed E-state index contributed by atoms with van der Waals surface area (Å²) in [6, 6.07) is 11.8. The summed E-state index contributed by atoms with van der Waals surface area (Å²) < 4.78 is 34.2. The first-order valence-electron chi connectivity index (χ1n) is 12.3. The summed E-state index contributed by atoms with van der Waals surface area (Å²) in [4.78, 5) is 28.3. The molecule has 1 N–H and O–H groups in total. The average Bonchev–Trinajstić information content (AvgIpc) is 2.86. The van der Waals surface area contributed by atoms with E-state index in [0.717, 1.165) is 26.2 Å². The fourth-order valence-corrected chi connectivity index (χ4v) is 4.82. The van der Waals surface area contributed by atoms with Gasteiger partial charge in [-0.2, -0.15) is 12.7 Å². The number of benzene rings is 2. The molecular formula is C27H40N4O5S. The third-order valence-electron chi connectivity index (χ3n) is 6.31. The molecule has 0 saturated carbocycles. The van der Waals surface area contributed by atoms with Crippen molar-refractivity contribution in [2.45, 2.75) is 59.7 Å². The van der Waals surface area contributed by atoms with E-state index in [1.54, 1.807) is 45.2 Å². The Bertz CT molecular complexity index is 1200. The summed E-state index contributed by atoms with van der Waals surface area (Å²) >= 11 is 0. The molecule has 9 nitrogen and oxygen atoms in total. The van der Waals surface area contributed by atoms with Gasteiger partial charge in [-0.05, 0) is 69.0 Å². The zero-order chi connectivity index (χ0) is 27.9. The number of nitrogens with one attached hydrogen (secondary N) is 1. The van der Waals surface area contributed by atoms with Crippen molar-refractivity contribution in [1.82, 2.24) is 14.5 Å². The smallest absolute Gasteiger partial charge is 0.304 e. The summed E-state index contributed by atoms with van der Waals surface area (Å²) in [7, 11) is 0.390. The molecule has 0 aliphatic rings. The summed E-state index contributed by atoms with van der Waals surface area (Å²) in [5, 5.41) is 2.93. The maximum absolute atomic E-state index is 13.8. The van der Waals surface area contributed by atoms with Gasteiger partial charge < -0.3 is 15.0 Å². The third-order valence-corrected chi connectivity index (χ3v) is 8.11. The summed E-state index contributed by atoms with van der Waals surface area (Å²) in [6.45, 7) is 8.81. The average molecular weight is 533 g/mol. The number of aryl methyl sites for hydroxylation is 2. The molecule has 0 fully saturated rings. The van der Waals surface area contributed by atoms with E-state index >= 15 is 0 Å². The number of anilines is 1. The van der Waals surface area contributed by atoms with Crippen LogP contribution in [0.5, 0.6) is 5.75 Å². The van der Waals surface area contributed by atoms with E-state index in [1.807, 2.05) is 39.0 Å². The molecule has 0 spiro atoms. The number of hydrogen-bond donors (Lipinski definition) is 1. The van der Waals surface area contributed by atoms with E-state index in [0.29, 0.717) is 17.0 Å². The summed E-state index contributed by atoms with van der Waals surface area (Å²) in [5.41, 5.74) is 2.75. The van der Waals surface area contributed by atoms with Crippen LogP contribution in [-0.2, 0) is 26.3 Å². The van der Waals surface area contributed by atoms with Crippen LogP contribution < -0.4 is 14.4 Å². The topological polar surface area (TPSA) is 99.3 Å². The second kappa shape index (κ2) is 12.9. The van der Waals surface area contributed by atoms with E-state index in [4.69, 9.17) is 4.74 Å². The Hall–Kier alpha value is -3.11. The van der Waals surface area contributed by atoms with Crippen LogP contribution in [0.4, 0.5) is 5.69 Å². The van der Waals surface area contributed by atoms with Crippen LogP contribution in [0.25, 0.3) is 0 Å². The van der Waals surface area contributed by atoms with Gasteiger partial charge in [0.15, 0.2) is 0 Å². The highest BCUT2D eigenvalue weighted by Gasteiger charge is 2.33. The molecule has 0 heterocycles. The normalized spacial score (nSPS) is 13.1. The second-order valence-electron chi connectivity index (χ2n) is 9.45. The predicted molar refractivity (Wildman–Crippen MR) is 147 cm³/mol. The van der Waals surface area contributed by atoms with Crippen molar-refractivity contribution >= 4 is 27.7 Å². The Morgan fingerprint density at radius 1 is 1.05 bits per heavy atom. The minimum atomic E-state index is -4.01. The van der Waals surface area contributed by atoms with Crippen molar-refractivity contribution in [2.75, 3.05) is 32.1 Å². The molecule has 0 saturated heterocycles. The molecule has 37 heavy (non-hydrogen) atoms. The molecule has 2 aromatic rings. The highest BCUT2D eigenvalue weighted by Crippen LogP contribution is 2.26. The van der Waals surface area contributed by atoms with Gasteiger partial charge in [0.25, 0.3) is 0 Å². The minimum Gasteiger partial charge on any atom is -0.497 e. The summed E-state index contributed by atoms with van der Waals surface area (Å²) in [6.07, 6.45) is 0.740. The van der Waals surface area contributed by atoms with Gasteiger partial charge in [-0.25, -0.2) is 4.31 Å². The quantitative estimate of drug-likeness (QED) is 0.452. The van der Waals surface area contributed by atoms with Crippen molar-refractivity contribution in [3.05, 3.63) is 59.2 Å². The highest BCUT2D eigenvalue weighted by atomic mass is 32.2. The lowest BCUT2D eigenvalue weighted by molar-refractivity contribution is -0.139. The lowest BCUT2D eigenvalue weighted by atomic mass is 10.1. The van der Waals surface area contributed by atoms with Crippen LogP contribution in [0.2, 0.25) is 0 Å². The molecule has 2 aromatic carbocycles. The summed E-state index contributed by atoms with van der Waals surface area (Å²) in [5.74, 6) is -0.186. The van der Waals surface area contributed by atoms with Crippen LogP contribution in [0.1, 0.15) is 43.9 Å². The zero-order valence-corrected chi connectivity index (χ0v) is 23.9. The van der Waals surface area contributed by atoms with Gasteiger partial charge >= 0.3 is 10.2 Å². The molecule has 0 aromatic heterocycles. The van der Waals surface area contributed by atoms with E-state index in [9.17, 15) is 18.0 Å². The van der Waals surface area contributed by atoms with Gasteiger partial charge in [0, 0.05) is 26.7 Å². The minimum absolute atomic E-state index is 0.0655. The molecule has 2 amide bonds. The second-order valence-corrected chi connectivity index (χ2v) is 11.5. The van der Waals surface area contributed by atoms with E-state index in [1.165, 1.54) is 19.0 Å². The first-order valence-corrected chi connectivity index (χ1v) is 13.7. The van der Waals surface area contributed by atoms with Crippen molar-refractivity contribution in [3.63, 3.8) is 0 Å². The SMILES string of the molecule is CC[C@H](C)NC(=O)[C@H](C)N(Cc1cccc(OC)c1)C(=O)CN(c1cc(C)ccc1C)S(=O)(=O)N(C)C. The zero-order valence-electron chi connectivity index (χ0n) is 23.1. The molecular weight excluding hydrogens is 492 g/mol. The lowest BCUT2D eigenvalue weighted by Gasteiger charge is -2.33. The van der Waals surface area contributed by atoms with Gasteiger partial charge in [-0.3, -0.25) is 9.59 Å². The first-order chi connectivity index (χ1) is 17.3. The van der Waals surface area contributed by atoms with E-state index < -0.39 is 28.7 Å². The standard InChI is InChI=1S/C27H40N4O5S/c1-9-21(4)28-27(33)22(5)30(17-23-11-10-12-24(16-23)36-8)26(32)18-31(37(34,35)29(6)7)25-15-19(2)13-14-20(25)3/h10-16,21-22H,9,17-18H2,1-8H3,(H,28,33)/t21-,22-/m0/s1. The van der Waals surface area contributed by atoms with Crippen LogP contribution in [0, 0.1) is 13.8 Å². The number of rotatable bonds is 12. The van der Waals surface area contributed by atoms with Crippen LogP contribution in [-0.4, -0.2) is 69.3 Å². The van der Waals surface area contributed by atoms with E-state index in [-0.39, 0.29) is 18.5 Å². The molecule has 0 radical (unpaired) electrons. The van der Waals surface area contributed by atoms with Gasteiger partial charge in [0.1, 0.15) is 18.3 Å².